The number of hydrogen-bond acceptors (Lipinski definition) is 3. The molecular formula is C16H19NO2. The maximum atomic E-state index is 5.95. The highest BCUT2D eigenvalue weighted by Crippen LogP contribution is 2.28. The molecule has 2 aromatic carbocycles. The Morgan fingerprint density at radius 2 is 1.89 bits per heavy atom. The van der Waals surface area contributed by atoms with Crippen molar-refractivity contribution in [2.24, 2.45) is 5.73 Å². The summed E-state index contributed by atoms with van der Waals surface area (Å²) in [6.45, 7) is 2.52. The monoisotopic (exact) mass is 257 g/mol. The van der Waals surface area contributed by atoms with E-state index in [0.29, 0.717) is 6.61 Å². The molecule has 2 N–H and O–H groups in total. The summed E-state index contributed by atoms with van der Waals surface area (Å²) in [5.41, 5.74) is 8.03. The number of para-hydroxylation sites is 1. The maximum absolute atomic E-state index is 5.95. The van der Waals surface area contributed by atoms with Gasteiger partial charge in [0.15, 0.2) is 0 Å². The molecule has 3 heteroatoms. The van der Waals surface area contributed by atoms with E-state index < -0.39 is 0 Å². The lowest BCUT2D eigenvalue weighted by atomic mass is 10.1. The zero-order chi connectivity index (χ0) is 13.7. The highest BCUT2D eigenvalue weighted by atomic mass is 16.5. The largest absolute Gasteiger partial charge is 0.457 e. The molecule has 0 saturated carbocycles. The number of rotatable bonds is 5. The van der Waals surface area contributed by atoms with Crippen LogP contribution in [0, 0.1) is 0 Å². The SMILES string of the molecule is COCc1cccc(Oc2ccccc2[C@@H](C)N)c1. The third kappa shape index (κ3) is 3.56. The average molecular weight is 257 g/mol. The Balaban J connectivity index is 2.23. The van der Waals surface area contributed by atoms with Crippen LogP contribution in [0.2, 0.25) is 0 Å². The fourth-order valence-corrected chi connectivity index (χ4v) is 1.94. The second kappa shape index (κ2) is 6.36. The molecule has 0 saturated heterocycles. The molecule has 0 unspecified atom stereocenters. The molecule has 100 valence electrons. The van der Waals surface area contributed by atoms with Gasteiger partial charge in [-0.1, -0.05) is 30.3 Å². The van der Waals surface area contributed by atoms with Crippen molar-refractivity contribution in [3.63, 3.8) is 0 Å². The molecule has 0 aliphatic rings. The Labute approximate surface area is 114 Å². The lowest BCUT2D eigenvalue weighted by molar-refractivity contribution is 0.184. The van der Waals surface area contributed by atoms with Gasteiger partial charge in [0.1, 0.15) is 11.5 Å². The minimum atomic E-state index is -0.0571. The minimum absolute atomic E-state index is 0.0571. The third-order valence-electron chi connectivity index (χ3n) is 2.85. The van der Waals surface area contributed by atoms with Crippen molar-refractivity contribution in [1.82, 2.24) is 0 Å². The van der Waals surface area contributed by atoms with Gasteiger partial charge >= 0.3 is 0 Å². The fourth-order valence-electron chi connectivity index (χ4n) is 1.94. The van der Waals surface area contributed by atoms with E-state index >= 15 is 0 Å². The van der Waals surface area contributed by atoms with Crippen LogP contribution in [0.4, 0.5) is 0 Å². The predicted octanol–water partition coefficient (Wildman–Crippen LogP) is 3.65. The van der Waals surface area contributed by atoms with E-state index in [2.05, 4.69) is 0 Å². The molecule has 0 aromatic heterocycles. The first-order valence-electron chi connectivity index (χ1n) is 6.31. The highest BCUT2D eigenvalue weighted by Gasteiger charge is 2.08. The summed E-state index contributed by atoms with van der Waals surface area (Å²) in [5, 5.41) is 0. The molecule has 0 spiro atoms. The molecule has 19 heavy (non-hydrogen) atoms. The van der Waals surface area contributed by atoms with Crippen molar-refractivity contribution in [3.8, 4) is 11.5 Å². The standard InChI is InChI=1S/C16H19NO2/c1-12(17)15-8-3-4-9-16(15)19-14-7-5-6-13(10-14)11-18-2/h3-10,12H,11,17H2,1-2H3/t12-/m1/s1. The van der Waals surface area contributed by atoms with Crippen LogP contribution in [0.5, 0.6) is 11.5 Å². The van der Waals surface area contributed by atoms with E-state index in [1.165, 1.54) is 0 Å². The van der Waals surface area contributed by atoms with Gasteiger partial charge < -0.3 is 15.2 Å². The topological polar surface area (TPSA) is 44.5 Å². The molecule has 0 radical (unpaired) electrons. The summed E-state index contributed by atoms with van der Waals surface area (Å²) < 4.78 is 11.0. The summed E-state index contributed by atoms with van der Waals surface area (Å²) in [6.07, 6.45) is 0. The fraction of sp³-hybridized carbons (Fsp3) is 0.250. The van der Waals surface area contributed by atoms with Crippen molar-refractivity contribution >= 4 is 0 Å². The summed E-state index contributed by atoms with van der Waals surface area (Å²) in [5.74, 6) is 1.59. The lowest BCUT2D eigenvalue weighted by Crippen LogP contribution is -2.06. The van der Waals surface area contributed by atoms with Crippen molar-refractivity contribution in [2.45, 2.75) is 19.6 Å². The molecule has 0 fully saturated rings. The van der Waals surface area contributed by atoms with Gasteiger partial charge in [0, 0.05) is 18.7 Å². The molecule has 3 nitrogen and oxygen atoms in total. The molecule has 0 heterocycles. The van der Waals surface area contributed by atoms with E-state index in [-0.39, 0.29) is 6.04 Å². The Bertz CT molecular complexity index is 538. The van der Waals surface area contributed by atoms with E-state index in [0.717, 1.165) is 22.6 Å². The van der Waals surface area contributed by atoms with Gasteiger partial charge in [-0.25, -0.2) is 0 Å². The number of benzene rings is 2. The maximum Gasteiger partial charge on any atom is 0.132 e. The van der Waals surface area contributed by atoms with Crippen LogP contribution in [0.15, 0.2) is 48.5 Å². The Hall–Kier alpha value is -1.84. The first kappa shape index (κ1) is 13.6. The third-order valence-corrected chi connectivity index (χ3v) is 2.85. The Morgan fingerprint density at radius 3 is 2.63 bits per heavy atom. The summed E-state index contributed by atoms with van der Waals surface area (Å²) in [6, 6.07) is 15.6. The summed E-state index contributed by atoms with van der Waals surface area (Å²) in [4.78, 5) is 0. The summed E-state index contributed by atoms with van der Waals surface area (Å²) >= 11 is 0. The Kier molecular flexibility index (Phi) is 4.55. The van der Waals surface area contributed by atoms with Crippen LogP contribution in [0.1, 0.15) is 24.1 Å². The predicted molar refractivity (Wildman–Crippen MR) is 76.3 cm³/mol. The van der Waals surface area contributed by atoms with E-state index in [1.54, 1.807) is 7.11 Å². The van der Waals surface area contributed by atoms with E-state index in [1.807, 2.05) is 55.5 Å². The molecule has 2 aromatic rings. The van der Waals surface area contributed by atoms with E-state index in [9.17, 15) is 0 Å². The lowest BCUT2D eigenvalue weighted by Gasteiger charge is -2.14. The molecule has 1 atom stereocenters. The van der Waals surface area contributed by atoms with Crippen molar-refractivity contribution in [1.29, 1.82) is 0 Å². The van der Waals surface area contributed by atoms with Gasteiger partial charge in [0.25, 0.3) is 0 Å². The van der Waals surface area contributed by atoms with Gasteiger partial charge in [-0.15, -0.1) is 0 Å². The Morgan fingerprint density at radius 1 is 1.11 bits per heavy atom. The van der Waals surface area contributed by atoms with Gasteiger partial charge in [-0.3, -0.25) is 0 Å². The first-order valence-corrected chi connectivity index (χ1v) is 6.31. The average Bonchev–Trinajstić information content (AvgIpc) is 2.40. The molecule has 0 aliphatic carbocycles. The second-order valence-electron chi connectivity index (χ2n) is 4.51. The normalized spacial score (nSPS) is 12.2. The van der Waals surface area contributed by atoms with Crippen molar-refractivity contribution < 1.29 is 9.47 Å². The van der Waals surface area contributed by atoms with Crippen LogP contribution in [-0.4, -0.2) is 7.11 Å². The van der Waals surface area contributed by atoms with Crippen LogP contribution in [-0.2, 0) is 11.3 Å². The van der Waals surface area contributed by atoms with Crippen LogP contribution < -0.4 is 10.5 Å². The van der Waals surface area contributed by atoms with Crippen molar-refractivity contribution in [2.75, 3.05) is 7.11 Å². The molecule has 0 bridgehead atoms. The van der Waals surface area contributed by atoms with Crippen LogP contribution in [0.3, 0.4) is 0 Å². The van der Waals surface area contributed by atoms with Crippen LogP contribution >= 0.6 is 0 Å². The molecule has 0 amide bonds. The van der Waals surface area contributed by atoms with E-state index in [4.69, 9.17) is 15.2 Å². The quantitative estimate of drug-likeness (QED) is 0.889. The number of ether oxygens (including phenoxy) is 2. The van der Waals surface area contributed by atoms with Gasteiger partial charge in [-0.2, -0.15) is 0 Å². The smallest absolute Gasteiger partial charge is 0.132 e. The number of nitrogens with two attached hydrogens (primary N) is 1. The van der Waals surface area contributed by atoms with Crippen molar-refractivity contribution in [3.05, 3.63) is 59.7 Å². The van der Waals surface area contributed by atoms with Crippen LogP contribution in [0.25, 0.3) is 0 Å². The molecule has 2 rings (SSSR count). The second-order valence-corrected chi connectivity index (χ2v) is 4.51. The zero-order valence-corrected chi connectivity index (χ0v) is 11.3. The minimum Gasteiger partial charge on any atom is -0.457 e. The first-order chi connectivity index (χ1) is 9.20. The van der Waals surface area contributed by atoms with Gasteiger partial charge in [0.2, 0.25) is 0 Å². The van der Waals surface area contributed by atoms with Gasteiger partial charge in [0.05, 0.1) is 6.61 Å². The molecular weight excluding hydrogens is 238 g/mol. The zero-order valence-electron chi connectivity index (χ0n) is 11.3. The number of hydrogen-bond donors (Lipinski definition) is 1. The number of methoxy groups -OCH3 is 1. The highest BCUT2D eigenvalue weighted by molar-refractivity contribution is 5.40. The van der Waals surface area contributed by atoms with Gasteiger partial charge in [-0.05, 0) is 30.7 Å². The molecule has 0 aliphatic heterocycles. The summed E-state index contributed by atoms with van der Waals surface area (Å²) in [7, 11) is 1.68.